The number of carbonyl (C=O) groups is 1. The second kappa shape index (κ2) is 11.3. The van der Waals surface area contributed by atoms with Crippen LogP contribution in [0.25, 0.3) is 5.69 Å². The van der Waals surface area contributed by atoms with Crippen LogP contribution in [0.2, 0.25) is 0 Å². The number of halogens is 1. The van der Waals surface area contributed by atoms with Gasteiger partial charge in [0.25, 0.3) is 0 Å². The van der Waals surface area contributed by atoms with Gasteiger partial charge in [-0.15, -0.1) is 34.2 Å². The molecule has 0 radical (unpaired) electrons. The monoisotopic (exact) mass is 541 g/mol. The Morgan fingerprint density at radius 1 is 1.29 bits per heavy atom. The highest BCUT2D eigenvalue weighted by Gasteiger charge is 2.28. The topological polar surface area (TPSA) is 96.7 Å². The first-order valence-electron chi connectivity index (χ1n) is 10.3. The normalized spacial score (nSPS) is 16.6. The number of para-hydroxylation sites is 1. The molecule has 1 aromatic carbocycles. The average molecular weight is 541 g/mol. The molecule has 0 bridgehead atoms. The third-order valence-corrected chi connectivity index (χ3v) is 4.57. The number of hydrogen-bond acceptors (Lipinski definition) is 5. The number of hydrogen-bond donors (Lipinski definition) is 2. The van der Waals surface area contributed by atoms with E-state index in [1.165, 1.54) is 0 Å². The Morgan fingerprint density at radius 2 is 2.03 bits per heavy atom. The zero-order valence-electron chi connectivity index (χ0n) is 18.5. The van der Waals surface area contributed by atoms with E-state index in [0.29, 0.717) is 13.1 Å². The lowest BCUT2D eigenvalue weighted by Gasteiger charge is -2.23. The Bertz CT molecular complexity index is 864. The van der Waals surface area contributed by atoms with Crippen LogP contribution in [0.1, 0.15) is 39.9 Å². The first-order valence-corrected chi connectivity index (χ1v) is 10.3. The fraction of sp³-hybridized carbons (Fsp3) is 0.524. The fourth-order valence-electron chi connectivity index (χ4n) is 3.29. The van der Waals surface area contributed by atoms with Gasteiger partial charge in [-0.1, -0.05) is 18.2 Å². The first kappa shape index (κ1) is 24.9. The van der Waals surface area contributed by atoms with Crippen LogP contribution in [0.15, 0.2) is 41.7 Å². The predicted molar refractivity (Wildman–Crippen MR) is 131 cm³/mol. The summed E-state index contributed by atoms with van der Waals surface area (Å²) in [4.78, 5) is 19.0. The van der Waals surface area contributed by atoms with Crippen LogP contribution in [0.3, 0.4) is 0 Å². The summed E-state index contributed by atoms with van der Waals surface area (Å²) in [7, 11) is 0. The Kier molecular flexibility index (Phi) is 9.08. The minimum atomic E-state index is -0.506. The van der Waals surface area contributed by atoms with Gasteiger partial charge < -0.3 is 20.3 Å². The molecule has 9 nitrogen and oxygen atoms in total. The number of nitrogens with zero attached hydrogens (tertiary/aromatic N) is 5. The Labute approximate surface area is 200 Å². The molecule has 1 unspecified atom stereocenters. The van der Waals surface area contributed by atoms with Crippen LogP contribution in [-0.2, 0) is 11.3 Å². The van der Waals surface area contributed by atoms with Crippen molar-refractivity contribution in [2.45, 2.75) is 52.3 Å². The predicted octanol–water partition coefficient (Wildman–Crippen LogP) is 2.95. The van der Waals surface area contributed by atoms with Crippen molar-refractivity contribution in [1.82, 2.24) is 30.3 Å². The highest BCUT2D eigenvalue weighted by atomic mass is 127. The van der Waals surface area contributed by atoms with Gasteiger partial charge in [-0.05, 0) is 46.2 Å². The smallest absolute Gasteiger partial charge is 0.407 e. The van der Waals surface area contributed by atoms with Gasteiger partial charge in [0.15, 0.2) is 11.8 Å². The lowest BCUT2D eigenvalue weighted by molar-refractivity contribution is 0.0507. The minimum absolute atomic E-state index is 0. The number of aliphatic imine (C=N–C) groups is 1. The third-order valence-electron chi connectivity index (χ3n) is 4.57. The molecule has 1 aliphatic rings. The summed E-state index contributed by atoms with van der Waals surface area (Å²) in [5.41, 5.74) is 0.494. The van der Waals surface area contributed by atoms with Gasteiger partial charge in [0.05, 0.1) is 6.04 Å². The average Bonchev–Trinajstić information content (AvgIpc) is 3.34. The number of amides is 1. The van der Waals surface area contributed by atoms with E-state index in [1.807, 2.05) is 62.6 Å². The largest absolute Gasteiger partial charge is 0.444 e. The van der Waals surface area contributed by atoms with Crippen molar-refractivity contribution in [3.63, 3.8) is 0 Å². The standard InChI is InChI=1S/C21H31N7O2.HI/c1-5-22-19(27-12-11-16(14-27)25-20(29)30-21(2,3)4)23-13-18-26-24-15-28(18)17-9-7-6-8-10-17;/h6-10,15-16H,5,11-14H2,1-4H3,(H,22,23)(H,25,29);1H. The van der Waals surface area contributed by atoms with Crippen LogP contribution < -0.4 is 10.6 Å². The van der Waals surface area contributed by atoms with Crippen molar-refractivity contribution >= 4 is 36.0 Å². The summed E-state index contributed by atoms with van der Waals surface area (Å²) in [6.45, 7) is 10.2. The molecule has 2 N–H and O–H groups in total. The number of nitrogens with one attached hydrogen (secondary N) is 2. The number of carbonyl (C=O) groups excluding carboxylic acids is 1. The summed E-state index contributed by atoms with van der Waals surface area (Å²) < 4.78 is 7.30. The highest BCUT2D eigenvalue weighted by molar-refractivity contribution is 14.0. The molecular formula is C21H32IN7O2. The number of likely N-dealkylation sites (tertiary alicyclic amines) is 1. The molecule has 0 aliphatic carbocycles. The van der Waals surface area contributed by atoms with E-state index in [2.05, 4.69) is 25.7 Å². The van der Waals surface area contributed by atoms with E-state index < -0.39 is 5.60 Å². The first-order chi connectivity index (χ1) is 14.4. The summed E-state index contributed by atoms with van der Waals surface area (Å²) >= 11 is 0. The van der Waals surface area contributed by atoms with E-state index in [4.69, 9.17) is 9.73 Å². The van der Waals surface area contributed by atoms with Gasteiger partial charge >= 0.3 is 6.09 Å². The van der Waals surface area contributed by atoms with Crippen LogP contribution in [0.5, 0.6) is 0 Å². The van der Waals surface area contributed by atoms with Crippen LogP contribution in [0.4, 0.5) is 4.79 Å². The molecule has 1 atom stereocenters. The van der Waals surface area contributed by atoms with Crippen molar-refractivity contribution in [1.29, 1.82) is 0 Å². The van der Waals surface area contributed by atoms with E-state index in [-0.39, 0.29) is 36.1 Å². The summed E-state index contributed by atoms with van der Waals surface area (Å²) in [6, 6.07) is 9.98. The SMILES string of the molecule is CCNC(=NCc1nncn1-c1ccccc1)N1CCC(NC(=O)OC(C)(C)C)C1.I. The molecular weight excluding hydrogens is 509 g/mol. The van der Waals surface area contributed by atoms with Crippen LogP contribution in [0, 0.1) is 0 Å². The zero-order valence-corrected chi connectivity index (χ0v) is 20.9. The van der Waals surface area contributed by atoms with Crippen molar-refractivity contribution in [3.8, 4) is 5.69 Å². The van der Waals surface area contributed by atoms with Crippen molar-refractivity contribution < 1.29 is 9.53 Å². The van der Waals surface area contributed by atoms with Gasteiger partial charge in [0, 0.05) is 25.3 Å². The molecule has 10 heteroatoms. The van der Waals surface area contributed by atoms with Gasteiger partial charge in [-0.25, -0.2) is 9.79 Å². The van der Waals surface area contributed by atoms with Crippen molar-refractivity contribution in [2.24, 2.45) is 4.99 Å². The summed E-state index contributed by atoms with van der Waals surface area (Å²) in [6.07, 6.45) is 2.15. The highest BCUT2D eigenvalue weighted by Crippen LogP contribution is 2.13. The maximum atomic E-state index is 12.1. The van der Waals surface area contributed by atoms with Gasteiger partial charge in [0.1, 0.15) is 18.5 Å². The molecule has 3 rings (SSSR count). The van der Waals surface area contributed by atoms with Gasteiger partial charge in [-0.2, -0.15) is 0 Å². The molecule has 31 heavy (non-hydrogen) atoms. The lowest BCUT2D eigenvalue weighted by Crippen LogP contribution is -2.44. The number of guanidine groups is 1. The molecule has 170 valence electrons. The lowest BCUT2D eigenvalue weighted by atomic mass is 10.2. The molecule has 0 spiro atoms. The molecule has 2 heterocycles. The number of rotatable bonds is 5. The second-order valence-electron chi connectivity index (χ2n) is 8.20. The summed E-state index contributed by atoms with van der Waals surface area (Å²) in [5.74, 6) is 1.56. The van der Waals surface area contributed by atoms with E-state index >= 15 is 0 Å². The Morgan fingerprint density at radius 3 is 2.71 bits per heavy atom. The van der Waals surface area contributed by atoms with Crippen molar-refractivity contribution in [2.75, 3.05) is 19.6 Å². The van der Waals surface area contributed by atoms with Crippen LogP contribution in [-0.4, -0.2) is 63.0 Å². The molecule has 1 fully saturated rings. The molecule has 1 aliphatic heterocycles. The third kappa shape index (κ3) is 7.37. The van der Waals surface area contributed by atoms with E-state index in [1.54, 1.807) is 6.33 Å². The maximum Gasteiger partial charge on any atom is 0.407 e. The van der Waals surface area contributed by atoms with Crippen molar-refractivity contribution in [3.05, 3.63) is 42.5 Å². The van der Waals surface area contributed by atoms with E-state index in [9.17, 15) is 4.79 Å². The number of ether oxygens (including phenoxy) is 1. The Balaban J connectivity index is 0.00000341. The Hall–Kier alpha value is -2.37. The fourth-order valence-corrected chi connectivity index (χ4v) is 3.29. The maximum absolute atomic E-state index is 12.1. The number of alkyl carbamates (subject to hydrolysis) is 1. The molecule has 1 saturated heterocycles. The number of aromatic nitrogens is 3. The van der Waals surface area contributed by atoms with Crippen LogP contribution >= 0.6 is 24.0 Å². The molecule has 0 saturated carbocycles. The molecule has 2 aromatic rings. The minimum Gasteiger partial charge on any atom is -0.444 e. The van der Waals surface area contributed by atoms with E-state index in [0.717, 1.165) is 37.0 Å². The van der Waals surface area contributed by atoms with Gasteiger partial charge in [0.2, 0.25) is 0 Å². The number of benzene rings is 1. The second-order valence-corrected chi connectivity index (χ2v) is 8.20. The zero-order chi connectivity index (χ0) is 21.6. The van der Waals surface area contributed by atoms with Gasteiger partial charge in [-0.3, -0.25) is 4.57 Å². The molecule has 1 amide bonds. The summed E-state index contributed by atoms with van der Waals surface area (Å²) in [5, 5.41) is 14.6. The molecule has 1 aromatic heterocycles. The quantitative estimate of drug-likeness (QED) is 0.344.